The van der Waals surface area contributed by atoms with Crippen molar-refractivity contribution >= 4 is 5.91 Å². The molecule has 0 radical (unpaired) electrons. The van der Waals surface area contributed by atoms with E-state index < -0.39 is 0 Å². The van der Waals surface area contributed by atoms with E-state index in [1.807, 2.05) is 65.6 Å². The van der Waals surface area contributed by atoms with Crippen molar-refractivity contribution in [2.45, 2.75) is 13.1 Å². The highest BCUT2D eigenvalue weighted by atomic mass is 16.5. The number of carbonyl (C=O) groups excluding carboxylic acids is 1. The molecule has 2 aromatic rings. The van der Waals surface area contributed by atoms with Crippen molar-refractivity contribution in [1.29, 1.82) is 0 Å². The lowest BCUT2D eigenvalue weighted by molar-refractivity contribution is -0.131. The summed E-state index contributed by atoms with van der Waals surface area (Å²) in [6, 6.07) is 20.1. The van der Waals surface area contributed by atoms with Crippen LogP contribution in [0.3, 0.4) is 0 Å². The lowest BCUT2D eigenvalue weighted by Crippen LogP contribution is -2.38. The zero-order chi connectivity index (χ0) is 16.3. The SMILES string of the molecule is COCCNCC(=O)N(Cc1ccccc1)Cc1ccccc1. The Morgan fingerprint density at radius 1 is 0.957 bits per heavy atom. The molecule has 0 aromatic heterocycles. The summed E-state index contributed by atoms with van der Waals surface area (Å²) in [7, 11) is 1.65. The van der Waals surface area contributed by atoms with Crippen molar-refractivity contribution in [2.75, 3.05) is 26.8 Å². The van der Waals surface area contributed by atoms with Gasteiger partial charge < -0.3 is 15.0 Å². The maximum Gasteiger partial charge on any atom is 0.237 e. The zero-order valence-electron chi connectivity index (χ0n) is 13.6. The Balaban J connectivity index is 2.00. The van der Waals surface area contributed by atoms with Gasteiger partial charge in [0.1, 0.15) is 0 Å². The lowest BCUT2D eigenvalue weighted by Gasteiger charge is -2.23. The second-order valence-corrected chi connectivity index (χ2v) is 5.39. The number of amides is 1. The van der Waals surface area contributed by atoms with Gasteiger partial charge in [-0.2, -0.15) is 0 Å². The fourth-order valence-electron chi connectivity index (χ4n) is 2.32. The number of carbonyl (C=O) groups is 1. The Bertz CT molecular complexity index is 531. The van der Waals surface area contributed by atoms with Crippen LogP contribution in [0.25, 0.3) is 0 Å². The summed E-state index contributed by atoms with van der Waals surface area (Å²) in [6.07, 6.45) is 0. The number of hydrogen-bond acceptors (Lipinski definition) is 3. The maximum atomic E-state index is 12.5. The van der Waals surface area contributed by atoms with Gasteiger partial charge in [0, 0.05) is 26.7 Å². The first kappa shape index (κ1) is 17.2. The molecule has 1 amide bonds. The fourth-order valence-corrected chi connectivity index (χ4v) is 2.32. The molecule has 122 valence electrons. The van der Waals surface area contributed by atoms with Gasteiger partial charge in [0.05, 0.1) is 13.2 Å². The number of hydrogen-bond donors (Lipinski definition) is 1. The van der Waals surface area contributed by atoms with Crippen LogP contribution >= 0.6 is 0 Å². The maximum absolute atomic E-state index is 12.5. The molecule has 0 spiro atoms. The van der Waals surface area contributed by atoms with Crippen LogP contribution in [0.2, 0.25) is 0 Å². The van der Waals surface area contributed by atoms with E-state index in [-0.39, 0.29) is 5.91 Å². The van der Waals surface area contributed by atoms with Crippen molar-refractivity contribution in [3.8, 4) is 0 Å². The van der Waals surface area contributed by atoms with Gasteiger partial charge in [-0.05, 0) is 11.1 Å². The average molecular weight is 312 g/mol. The van der Waals surface area contributed by atoms with Gasteiger partial charge in [0.25, 0.3) is 0 Å². The molecule has 0 heterocycles. The molecule has 0 saturated carbocycles. The lowest BCUT2D eigenvalue weighted by atomic mass is 10.1. The number of benzene rings is 2. The standard InChI is InChI=1S/C19H24N2O2/c1-23-13-12-20-14-19(22)21(15-17-8-4-2-5-9-17)16-18-10-6-3-7-11-18/h2-11,20H,12-16H2,1H3. The smallest absolute Gasteiger partial charge is 0.237 e. The van der Waals surface area contributed by atoms with Crippen molar-refractivity contribution in [3.63, 3.8) is 0 Å². The van der Waals surface area contributed by atoms with Crippen LogP contribution in [0.15, 0.2) is 60.7 Å². The van der Waals surface area contributed by atoms with Crippen LogP contribution in [0.1, 0.15) is 11.1 Å². The molecule has 4 nitrogen and oxygen atoms in total. The van der Waals surface area contributed by atoms with Gasteiger partial charge in [-0.15, -0.1) is 0 Å². The third-order valence-electron chi connectivity index (χ3n) is 3.54. The number of nitrogens with one attached hydrogen (secondary N) is 1. The highest BCUT2D eigenvalue weighted by Crippen LogP contribution is 2.10. The van der Waals surface area contributed by atoms with Crippen LogP contribution in [-0.4, -0.2) is 37.6 Å². The first-order valence-corrected chi connectivity index (χ1v) is 7.85. The van der Waals surface area contributed by atoms with E-state index in [1.165, 1.54) is 0 Å². The van der Waals surface area contributed by atoms with Crippen LogP contribution in [-0.2, 0) is 22.6 Å². The predicted octanol–water partition coefficient (Wildman–Crippen LogP) is 2.45. The highest BCUT2D eigenvalue weighted by Gasteiger charge is 2.14. The van der Waals surface area contributed by atoms with Crippen LogP contribution in [0, 0.1) is 0 Å². The second kappa shape index (κ2) is 9.77. The number of ether oxygens (including phenoxy) is 1. The molecule has 0 saturated heterocycles. The molecular formula is C19H24N2O2. The van der Waals surface area contributed by atoms with E-state index in [0.29, 0.717) is 32.8 Å². The van der Waals surface area contributed by atoms with Crippen LogP contribution in [0.5, 0.6) is 0 Å². The monoisotopic (exact) mass is 312 g/mol. The molecule has 0 unspecified atom stereocenters. The van der Waals surface area contributed by atoms with Crippen molar-refractivity contribution in [1.82, 2.24) is 10.2 Å². The third kappa shape index (κ3) is 6.22. The van der Waals surface area contributed by atoms with Crippen molar-refractivity contribution in [3.05, 3.63) is 71.8 Å². The molecule has 4 heteroatoms. The summed E-state index contributed by atoms with van der Waals surface area (Å²) in [4.78, 5) is 14.4. The Kier molecular flexibility index (Phi) is 7.30. The molecule has 0 aliphatic rings. The summed E-state index contributed by atoms with van der Waals surface area (Å²) < 4.78 is 4.99. The fraction of sp³-hybridized carbons (Fsp3) is 0.316. The first-order chi connectivity index (χ1) is 11.3. The minimum Gasteiger partial charge on any atom is -0.383 e. The molecule has 0 aliphatic carbocycles. The molecule has 23 heavy (non-hydrogen) atoms. The Hall–Kier alpha value is -2.17. The van der Waals surface area contributed by atoms with Gasteiger partial charge in [-0.25, -0.2) is 0 Å². The summed E-state index contributed by atoms with van der Waals surface area (Å²) >= 11 is 0. The largest absolute Gasteiger partial charge is 0.383 e. The van der Waals surface area contributed by atoms with E-state index in [4.69, 9.17) is 4.74 Å². The second-order valence-electron chi connectivity index (χ2n) is 5.39. The van der Waals surface area contributed by atoms with Gasteiger partial charge in [0.2, 0.25) is 5.91 Å². The molecule has 1 N–H and O–H groups in total. The zero-order valence-corrected chi connectivity index (χ0v) is 13.6. The van der Waals surface area contributed by atoms with Gasteiger partial charge in [0.15, 0.2) is 0 Å². The van der Waals surface area contributed by atoms with E-state index in [2.05, 4.69) is 5.32 Å². The Labute approximate surface area is 138 Å². The normalized spacial score (nSPS) is 10.5. The molecular weight excluding hydrogens is 288 g/mol. The van der Waals surface area contributed by atoms with Crippen LogP contribution in [0.4, 0.5) is 0 Å². The topological polar surface area (TPSA) is 41.6 Å². The number of methoxy groups -OCH3 is 1. The summed E-state index contributed by atoms with van der Waals surface area (Å²) in [6.45, 7) is 2.82. The number of nitrogens with zero attached hydrogens (tertiary/aromatic N) is 1. The molecule has 0 fully saturated rings. The number of rotatable bonds is 9. The Morgan fingerprint density at radius 3 is 1.96 bits per heavy atom. The minimum atomic E-state index is 0.0915. The third-order valence-corrected chi connectivity index (χ3v) is 3.54. The van der Waals surface area contributed by atoms with Crippen molar-refractivity contribution < 1.29 is 9.53 Å². The van der Waals surface area contributed by atoms with E-state index in [1.54, 1.807) is 7.11 Å². The average Bonchev–Trinajstić information content (AvgIpc) is 2.60. The molecule has 0 bridgehead atoms. The Morgan fingerprint density at radius 2 is 1.48 bits per heavy atom. The molecule has 0 aliphatic heterocycles. The summed E-state index contributed by atoms with van der Waals surface area (Å²) in [5.41, 5.74) is 2.27. The highest BCUT2D eigenvalue weighted by molar-refractivity contribution is 5.78. The predicted molar refractivity (Wildman–Crippen MR) is 91.9 cm³/mol. The molecule has 2 aromatic carbocycles. The van der Waals surface area contributed by atoms with Gasteiger partial charge in [-0.3, -0.25) is 4.79 Å². The van der Waals surface area contributed by atoms with E-state index >= 15 is 0 Å². The first-order valence-electron chi connectivity index (χ1n) is 7.85. The minimum absolute atomic E-state index is 0.0915. The quantitative estimate of drug-likeness (QED) is 0.723. The summed E-state index contributed by atoms with van der Waals surface area (Å²) in [5.74, 6) is 0.0915. The van der Waals surface area contributed by atoms with Crippen LogP contribution < -0.4 is 5.32 Å². The van der Waals surface area contributed by atoms with E-state index in [0.717, 1.165) is 11.1 Å². The molecule has 2 rings (SSSR count). The van der Waals surface area contributed by atoms with Gasteiger partial charge in [-0.1, -0.05) is 60.7 Å². The van der Waals surface area contributed by atoms with E-state index in [9.17, 15) is 4.79 Å². The molecule has 0 atom stereocenters. The summed E-state index contributed by atoms with van der Waals surface area (Å²) in [5, 5.41) is 3.12. The van der Waals surface area contributed by atoms with Gasteiger partial charge >= 0.3 is 0 Å². The van der Waals surface area contributed by atoms with Crippen molar-refractivity contribution in [2.24, 2.45) is 0 Å².